The van der Waals surface area contributed by atoms with Crippen LogP contribution in [0.3, 0.4) is 0 Å². The predicted octanol–water partition coefficient (Wildman–Crippen LogP) is 1.95. The summed E-state index contributed by atoms with van der Waals surface area (Å²) in [5, 5.41) is 0. The van der Waals surface area contributed by atoms with Crippen molar-refractivity contribution in [2.75, 3.05) is 0 Å². The van der Waals surface area contributed by atoms with Gasteiger partial charge in [-0.25, -0.2) is 0 Å². The van der Waals surface area contributed by atoms with Crippen molar-refractivity contribution in [3.63, 3.8) is 0 Å². The molecular formula is CCl2F2O. The maximum atomic E-state index is 10.9. The van der Waals surface area contributed by atoms with Crippen LogP contribution in [0.5, 0.6) is 0 Å². The number of hydrogen-bond acceptors (Lipinski definition) is 1. The summed E-state index contributed by atoms with van der Waals surface area (Å²) in [5.74, 6) is 0. The molecule has 0 amide bonds. The fourth-order valence-corrected chi connectivity index (χ4v) is 0. The highest BCUT2D eigenvalue weighted by Crippen LogP contribution is 2.20. The monoisotopic (exact) mass is 136 g/mol. The van der Waals surface area contributed by atoms with Crippen LogP contribution in [0, 0.1) is 0 Å². The summed E-state index contributed by atoms with van der Waals surface area (Å²) in [6.07, 6.45) is 0. The van der Waals surface area contributed by atoms with E-state index in [2.05, 4.69) is 27.8 Å². The van der Waals surface area contributed by atoms with Gasteiger partial charge in [0, 0.05) is 0 Å². The van der Waals surface area contributed by atoms with Crippen LogP contribution in [0.1, 0.15) is 0 Å². The molecule has 0 saturated heterocycles. The highest BCUT2D eigenvalue weighted by molar-refractivity contribution is 6.23. The third-order valence-corrected chi connectivity index (χ3v) is 0.437. The average molecular weight is 137 g/mol. The molecule has 38 valence electrons. The first-order valence-corrected chi connectivity index (χ1v) is 1.61. The molecule has 0 saturated carbocycles. The van der Waals surface area contributed by atoms with Crippen molar-refractivity contribution in [3.8, 4) is 0 Å². The summed E-state index contributed by atoms with van der Waals surface area (Å²) < 4.78 is 24.6. The van der Waals surface area contributed by atoms with Gasteiger partial charge in [-0.1, -0.05) is 0 Å². The minimum Gasteiger partial charge on any atom is -0.195 e. The van der Waals surface area contributed by atoms with Gasteiger partial charge in [-0.3, -0.25) is 0 Å². The van der Waals surface area contributed by atoms with E-state index in [0.717, 1.165) is 0 Å². The van der Waals surface area contributed by atoms with Gasteiger partial charge in [-0.15, -0.1) is 0 Å². The third-order valence-electron chi connectivity index (χ3n) is 0.0875. The Morgan fingerprint density at radius 2 is 1.67 bits per heavy atom. The van der Waals surface area contributed by atoms with Crippen LogP contribution in [0.4, 0.5) is 8.78 Å². The van der Waals surface area contributed by atoms with Crippen molar-refractivity contribution in [1.29, 1.82) is 0 Å². The van der Waals surface area contributed by atoms with E-state index < -0.39 is 5.57 Å². The number of hydrogen-bond donors (Lipinski definition) is 0. The first-order valence-electron chi connectivity index (χ1n) is 0.925. The molecule has 0 atom stereocenters. The van der Waals surface area contributed by atoms with E-state index in [0.29, 0.717) is 0 Å². The van der Waals surface area contributed by atoms with Gasteiger partial charge in [-0.05, 0) is 11.6 Å². The molecule has 0 aromatic heterocycles. The Morgan fingerprint density at radius 3 is 1.67 bits per heavy atom. The third kappa shape index (κ3) is 4.40. The van der Waals surface area contributed by atoms with Gasteiger partial charge in [-0.2, -0.15) is 13.1 Å². The molecule has 0 aliphatic heterocycles. The van der Waals surface area contributed by atoms with Gasteiger partial charge in [0.1, 0.15) is 0 Å². The highest BCUT2D eigenvalue weighted by atomic mass is 35.5. The molecule has 0 aliphatic rings. The molecule has 5 heteroatoms. The number of rotatable bonds is 1. The first-order chi connectivity index (χ1) is 2.56. The van der Waals surface area contributed by atoms with E-state index in [1.54, 1.807) is 0 Å². The zero-order valence-corrected chi connectivity index (χ0v) is 3.93. The van der Waals surface area contributed by atoms with Crippen LogP contribution < -0.4 is 0 Å². The molecule has 0 unspecified atom stereocenters. The lowest BCUT2D eigenvalue weighted by atomic mass is 11.5. The molecule has 0 radical (unpaired) electrons. The largest absolute Gasteiger partial charge is 0.456 e. The maximum Gasteiger partial charge on any atom is 0.456 e. The zero-order chi connectivity index (χ0) is 5.21. The van der Waals surface area contributed by atoms with Gasteiger partial charge in [0.2, 0.25) is 0 Å². The molecule has 6 heavy (non-hydrogen) atoms. The number of alkyl halides is 3. The van der Waals surface area contributed by atoms with Crippen molar-refractivity contribution in [1.82, 2.24) is 0 Å². The molecule has 0 fully saturated rings. The van der Waals surface area contributed by atoms with Crippen LogP contribution in [-0.2, 0) is 4.29 Å². The standard InChI is InChI=1S/CCl2F2O/c2-1(4,5)6-3. The molecule has 0 rings (SSSR count). The van der Waals surface area contributed by atoms with Crippen LogP contribution in [0.2, 0.25) is 0 Å². The molecule has 1 nitrogen and oxygen atoms in total. The van der Waals surface area contributed by atoms with Crippen LogP contribution in [0.25, 0.3) is 0 Å². The first kappa shape index (κ1) is 6.40. The smallest absolute Gasteiger partial charge is 0.195 e. The summed E-state index contributed by atoms with van der Waals surface area (Å²) in [6, 6.07) is 0. The predicted molar refractivity (Wildman–Crippen MR) is 17.7 cm³/mol. The van der Waals surface area contributed by atoms with Crippen molar-refractivity contribution in [2.45, 2.75) is 5.57 Å². The Hall–Kier alpha value is 0.400. The number of halogens is 4. The second-order valence-corrected chi connectivity index (χ2v) is 1.12. The van der Waals surface area contributed by atoms with E-state index >= 15 is 0 Å². The fraction of sp³-hybridized carbons (Fsp3) is 1.00. The summed E-state index contributed by atoms with van der Waals surface area (Å²) in [5.41, 5.74) is -3.72. The van der Waals surface area contributed by atoms with Gasteiger partial charge in [0.15, 0.2) is 0 Å². The Kier molecular flexibility index (Phi) is 2.04. The summed E-state index contributed by atoms with van der Waals surface area (Å²) in [6.45, 7) is 0. The Labute approximate surface area is 43.0 Å². The summed E-state index contributed by atoms with van der Waals surface area (Å²) in [7, 11) is 0. The van der Waals surface area contributed by atoms with Crippen molar-refractivity contribution < 1.29 is 13.1 Å². The van der Waals surface area contributed by atoms with Crippen molar-refractivity contribution >= 4 is 23.5 Å². The molecular weight excluding hydrogens is 137 g/mol. The van der Waals surface area contributed by atoms with Gasteiger partial charge in [0.25, 0.3) is 0 Å². The molecule has 0 N–H and O–H groups in total. The lowest BCUT2D eigenvalue weighted by Gasteiger charge is -1.96. The second-order valence-electron chi connectivity index (χ2n) is 0.523. The molecule has 0 bridgehead atoms. The normalized spacial score (nSPS) is 12.0. The second kappa shape index (κ2) is 1.91. The highest BCUT2D eigenvalue weighted by Gasteiger charge is 2.24. The Morgan fingerprint density at radius 1 is 1.50 bits per heavy atom. The van der Waals surface area contributed by atoms with Crippen molar-refractivity contribution in [3.05, 3.63) is 0 Å². The average Bonchev–Trinajstić information content (AvgIpc) is 1.35. The minimum atomic E-state index is -3.72. The fourth-order valence-electron chi connectivity index (χ4n) is 0. The van der Waals surface area contributed by atoms with E-state index in [1.165, 1.54) is 0 Å². The maximum absolute atomic E-state index is 10.9. The molecule has 0 heterocycles. The molecule has 0 aromatic rings. The lowest BCUT2D eigenvalue weighted by molar-refractivity contribution is -0.0914. The van der Waals surface area contributed by atoms with Gasteiger partial charge < -0.3 is 0 Å². The van der Waals surface area contributed by atoms with Crippen LogP contribution >= 0.6 is 23.5 Å². The topological polar surface area (TPSA) is 9.23 Å². The van der Waals surface area contributed by atoms with E-state index in [1.807, 2.05) is 0 Å². The van der Waals surface area contributed by atoms with E-state index in [4.69, 9.17) is 0 Å². The SMILES string of the molecule is FC(F)(Cl)OCl. The van der Waals surface area contributed by atoms with E-state index in [-0.39, 0.29) is 0 Å². The quantitative estimate of drug-likeness (QED) is 0.501. The van der Waals surface area contributed by atoms with Gasteiger partial charge >= 0.3 is 5.57 Å². The lowest BCUT2D eigenvalue weighted by Crippen LogP contribution is -2.02. The van der Waals surface area contributed by atoms with Gasteiger partial charge in [0.05, 0.1) is 11.9 Å². The zero-order valence-electron chi connectivity index (χ0n) is 2.42. The summed E-state index contributed by atoms with van der Waals surface area (Å²) >= 11 is 8.13. The molecule has 0 aliphatic carbocycles. The van der Waals surface area contributed by atoms with Crippen LogP contribution in [0.15, 0.2) is 0 Å². The van der Waals surface area contributed by atoms with Crippen molar-refractivity contribution in [2.24, 2.45) is 0 Å². The summed E-state index contributed by atoms with van der Waals surface area (Å²) in [4.78, 5) is 0. The minimum absolute atomic E-state index is 2.84. The van der Waals surface area contributed by atoms with E-state index in [9.17, 15) is 8.78 Å². The Balaban J connectivity index is 3.17. The van der Waals surface area contributed by atoms with Crippen LogP contribution in [-0.4, -0.2) is 5.57 Å². The molecule has 0 aromatic carbocycles. The Bertz CT molecular complexity index is 41.3. The molecule has 0 spiro atoms.